The molecule has 8 nitrogen and oxygen atoms in total. The number of nitrogen functional groups attached to an aromatic ring is 1. The fourth-order valence-electron chi connectivity index (χ4n) is 7.91. The fourth-order valence-corrected chi connectivity index (χ4v) is 9.02. The van der Waals surface area contributed by atoms with Crippen molar-refractivity contribution in [2.45, 2.75) is 63.8 Å². The molecule has 1 aromatic carbocycles. The summed E-state index contributed by atoms with van der Waals surface area (Å²) < 4.78 is 10.3. The molecule has 1 amide bonds. The van der Waals surface area contributed by atoms with E-state index in [4.69, 9.17) is 15.2 Å². The second kappa shape index (κ2) is 9.70. The van der Waals surface area contributed by atoms with Crippen LogP contribution in [0.15, 0.2) is 35.5 Å². The number of amides is 1. The van der Waals surface area contributed by atoms with E-state index in [1.165, 1.54) is 37.7 Å². The van der Waals surface area contributed by atoms with Gasteiger partial charge in [-0.15, -0.1) is 11.3 Å². The molecule has 2 aromatic rings. The summed E-state index contributed by atoms with van der Waals surface area (Å²) in [7, 11) is 1.34. The molecule has 1 atom stereocenters. The van der Waals surface area contributed by atoms with Gasteiger partial charge in [0.05, 0.1) is 35.5 Å². The predicted octanol–water partition coefficient (Wildman–Crippen LogP) is 5.21. The first kappa shape index (κ1) is 25.9. The van der Waals surface area contributed by atoms with Crippen molar-refractivity contribution in [2.24, 2.45) is 17.8 Å². The molecule has 0 saturated heterocycles. The number of ether oxygens (including phenoxy) is 2. The van der Waals surface area contributed by atoms with Gasteiger partial charge >= 0.3 is 11.9 Å². The summed E-state index contributed by atoms with van der Waals surface area (Å²) in [6.07, 6.45) is 7.05. The molecule has 9 heteroatoms. The van der Waals surface area contributed by atoms with Crippen LogP contribution in [-0.2, 0) is 14.3 Å². The Morgan fingerprint density at radius 3 is 2.23 bits per heavy atom. The molecule has 1 aliphatic heterocycles. The lowest BCUT2D eigenvalue weighted by molar-refractivity contribution is -0.138. The number of methoxy groups -OCH3 is 1. The molecule has 1 unspecified atom stereocenters. The number of hydrogen-bond acceptors (Lipinski definition) is 8. The highest BCUT2D eigenvalue weighted by Crippen LogP contribution is 2.56. The van der Waals surface area contributed by atoms with Crippen LogP contribution in [0.5, 0.6) is 0 Å². The third-order valence-corrected chi connectivity index (χ3v) is 10.2. The predicted molar refractivity (Wildman–Crippen MR) is 150 cm³/mol. The quantitative estimate of drug-likeness (QED) is 0.423. The van der Waals surface area contributed by atoms with E-state index in [9.17, 15) is 14.4 Å². The van der Waals surface area contributed by atoms with Crippen molar-refractivity contribution in [3.8, 4) is 0 Å². The maximum absolute atomic E-state index is 13.8. The van der Waals surface area contributed by atoms with E-state index in [0.717, 1.165) is 29.8 Å². The molecule has 4 N–H and O–H groups in total. The minimum atomic E-state index is -0.552. The van der Waals surface area contributed by atoms with Gasteiger partial charge in [0.25, 0.3) is 5.91 Å². The summed E-state index contributed by atoms with van der Waals surface area (Å²) in [6, 6.07) is 6.93. The van der Waals surface area contributed by atoms with Gasteiger partial charge in [-0.05, 0) is 87.8 Å². The Morgan fingerprint density at radius 1 is 1.05 bits per heavy atom. The molecule has 7 rings (SSSR count). The van der Waals surface area contributed by atoms with E-state index in [0.29, 0.717) is 50.7 Å². The van der Waals surface area contributed by atoms with E-state index in [1.54, 1.807) is 31.2 Å². The van der Waals surface area contributed by atoms with Gasteiger partial charge in [-0.1, -0.05) is 12.1 Å². The molecule has 206 valence electrons. The summed E-state index contributed by atoms with van der Waals surface area (Å²) in [5, 5.41) is 7.52. The zero-order chi connectivity index (χ0) is 27.5. The fraction of sp³-hybridized carbons (Fsp3) is 0.500. The maximum atomic E-state index is 13.8. The van der Waals surface area contributed by atoms with E-state index < -0.39 is 17.9 Å². The number of allylic oxidation sites excluding steroid dienone is 1. The van der Waals surface area contributed by atoms with Crippen LogP contribution < -0.4 is 16.4 Å². The molecule has 2 heterocycles. The van der Waals surface area contributed by atoms with Gasteiger partial charge in [-0.3, -0.25) is 4.79 Å². The number of thiophene rings is 1. The molecular weight excluding hydrogens is 514 g/mol. The Morgan fingerprint density at radius 2 is 1.67 bits per heavy atom. The summed E-state index contributed by atoms with van der Waals surface area (Å²) in [5.41, 5.74) is 9.95. The molecule has 1 aromatic heterocycles. The normalized spacial score (nSPS) is 28.5. The van der Waals surface area contributed by atoms with Gasteiger partial charge in [-0.2, -0.15) is 0 Å². The van der Waals surface area contributed by atoms with Crippen LogP contribution in [0.25, 0.3) is 0 Å². The molecule has 5 aliphatic rings. The molecular formula is C30H35N3O5S. The van der Waals surface area contributed by atoms with Gasteiger partial charge in [0.2, 0.25) is 0 Å². The number of nitrogens with two attached hydrogens (primary N) is 1. The SMILES string of the molecule is CCOC(=O)C1=C(C)Nc2sc(C(=O)NC34CC5CC(CC(C5)C3)C4)c(N)c2C1c1ccc(C(=O)OC)cc1. The van der Waals surface area contributed by atoms with Crippen LogP contribution in [-0.4, -0.2) is 37.1 Å². The highest BCUT2D eigenvalue weighted by atomic mass is 32.1. The van der Waals surface area contributed by atoms with Crippen LogP contribution in [0, 0.1) is 17.8 Å². The smallest absolute Gasteiger partial charge is 0.337 e. The first-order valence-corrected chi connectivity index (χ1v) is 14.6. The summed E-state index contributed by atoms with van der Waals surface area (Å²) >= 11 is 1.33. The molecule has 4 bridgehead atoms. The number of nitrogens with one attached hydrogen (secondary N) is 2. The highest BCUT2D eigenvalue weighted by Gasteiger charge is 2.52. The van der Waals surface area contributed by atoms with Gasteiger partial charge in [0, 0.05) is 22.7 Å². The van der Waals surface area contributed by atoms with Crippen molar-refractivity contribution in [3.63, 3.8) is 0 Å². The van der Waals surface area contributed by atoms with Crippen LogP contribution >= 0.6 is 11.3 Å². The van der Waals surface area contributed by atoms with E-state index in [2.05, 4.69) is 10.6 Å². The van der Waals surface area contributed by atoms with Crippen molar-refractivity contribution >= 4 is 39.9 Å². The lowest BCUT2D eigenvalue weighted by atomic mass is 9.53. The number of hydrogen-bond donors (Lipinski definition) is 3. The zero-order valence-electron chi connectivity index (χ0n) is 22.6. The molecule has 4 aliphatic carbocycles. The topological polar surface area (TPSA) is 120 Å². The van der Waals surface area contributed by atoms with Crippen molar-refractivity contribution in [1.82, 2.24) is 5.32 Å². The summed E-state index contributed by atoms with van der Waals surface area (Å²) in [6.45, 7) is 3.83. The van der Waals surface area contributed by atoms with Gasteiger partial charge in [0.1, 0.15) is 4.88 Å². The molecule has 4 saturated carbocycles. The number of rotatable bonds is 6. The van der Waals surface area contributed by atoms with Gasteiger partial charge in [0.15, 0.2) is 0 Å². The maximum Gasteiger partial charge on any atom is 0.337 e. The van der Waals surface area contributed by atoms with E-state index in [1.807, 2.05) is 6.92 Å². The third-order valence-electron chi connectivity index (χ3n) is 9.05. The third kappa shape index (κ3) is 4.40. The highest BCUT2D eigenvalue weighted by molar-refractivity contribution is 7.19. The first-order valence-electron chi connectivity index (χ1n) is 13.8. The Hall–Kier alpha value is -3.33. The van der Waals surface area contributed by atoms with E-state index >= 15 is 0 Å². The number of esters is 2. The van der Waals surface area contributed by atoms with Crippen LogP contribution in [0.1, 0.15) is 89.4 Å². The van der Waals surface area contributed by atoms with Crippen molar-refractivity contribution < 1.29 is 23.9 Å². The summed E-state index contributed by atoms with van der Waals surface area (Å²) in [4.78, 5) is 39.5. The molecule has 39 heavy (non-hydrogen) atoms. The number of carbonyl (C=O) groups is 3. The van der Waals surface area contributed by atoms with Crippen LogP contribution in [0.3, 0.4) is 0 Å². The number of anilines is 2. The Kier molecular flexibility index (Phi) is 6.44. The Labute approximate surface area is 232 Å². The minimum Gasteiger partial charge on any atom is -0.465 e. The van der Waals surface area contributed by atoms with Crippen LogP contribution in [0.4, 0.5) is 10.7 Å². The molecule has 4 fully saturated rings. The van der Waals surface area contributed by atoms with Crippen molar-refractivity contribution in [1.29, 1.82) is 0 Å². The number of carbonyl (C=O) groups excluding carboxylic acids is 3. The zero-order valence-corrected chi connectivity index (χ0v) is 23.4. The largest absolute Gasteiger partial charge is 0.465 e. The lowest BCUT2D eigenvalue weighted by Crippen LogP contribution is -2.59. The minimum absolute atomic E-state index is 0.134. The van der Waals surface area contributed by atoms with Gasteiger partial charge < -0.3 is 25.8 Å². The second-order valence-corrected chi connectivity index (χ2v) is 12.7. The second-order valence-electron chi connectivity index (χ2n) is 11.7. The first-order chi connectivity index (χ1) is 18.7. The Balaban J connectivity index is 1.37. The lowest BCUT2D eigenvalue weighted by Gasteiger charge is -2.56. The van der Waals surface area contributed by atoms with E-state index in [-0.39, 0.29) is 18.1 Å². The van der Waals surface area contributed by atoms with Crippen molar-refractivity contribution in [3.05, 3.63) is 57.1 Å². The summed E-state index contributed by atoms with van der Waals surface area (Å²) in [5.74, 6) is 0.564. The number of benzene rings is 1. The van der Waals surface area contributed by atoms with Gasteiger partial charge in [-0.25, -0.2) is 9.59 Å². The monoisotopic (exact) mass is 549 g/mol. The molecule has 0 spiro atoms. The molecule has 0 radical (unpaired) electrons. The standard InChI is InChI=1S/C30H35N3O5S/c1-4-38-29(36)21-15(2)32-27-23(22(21)19-5-7-20(8-6-19)28(35)37-3)24(31)25(39-27)26(34)33-30-12-16-9-17(13-30)11-18(10-16)14-30/h5-8,16-18,22,32H,4,9-14,31H2,1-3H3,(H,33,34). The van der Waals surface area contributed by atoms with Crippen molar-refractivity contribution in [2.75, 3.05) is 24.8 Å². The van der Waals surface area contributed by atoms with Crippen LogP contribution in [0.2, 0.25) is 0 Å². The average Bonchev–Trinajstić information content (AvgIpc) is 3.22. The Bertz CT molecular complexity index is 1340. The number of fused-ring (bicyclic) bond motifs is 1. The average molecular weight is 550 g/mol.